The molecule has 0 radical (unpaired) electrons. The van der Waals surface area contributed by atoms with Crippen molar-refractivity contribution in [3.8, 4) is 0 Å². The average Bonchev–Trinajstić information content (AvgIpc) is 2.87. The van der Waals surface area contributed by atoms with Crippen molar-refractivity contribution in [2.45, 2.75) is 64.9 Å². The van der Waals surface area contributed by atoms with Crippen molar-refractivity contribution in [2.75, 3.05) is 39.6 Å². The average molecular weight is 501 g/mol. The molecule has 0 saturated heterocycles. The number of rotatable bonds is 17. The molecule has 0 amide bonds. The van der Waals surface area contributed by atoms with Crippen molar-refractivity contribution in [1.82, 2.24) is 0 Å². The molecule has 1 aliphatic rings. The second-order valence-corrected chi connectivity index (χ2v) is 8.58. The number of esters is 4. The van der Waals surface area contributed by atoms with Gasteiger partial charge in [-0.1, -0.05) is 33.3 Å². The van der Waals surface area contributed by atoms with E-state index in [1.54, 1.807) is 6.92 Å². The summed E-state index contributed by atoms with van der Waals surface area (Å²) in [5.41, 5.74) is 0. The Morgan fingerprint density at radius 1 is 0.886 bits per heavy atom. The third-order valence-corrected chi connectivity index (χ3v) is 5.78. The van der Waals surface area contributed by atoms with Crippen LogP contribution < -0.4 is 0 Å². The maximum absolute atomic E-state index is 12.6. The lowest BCUT2D eigenvalue weighted by Crippen LogP contribution is -2.36. The first-order valence-corrected chi connectivity index (χ1v) is 12.3. The quantitative estimate of drug-likeness (QED) is 0.137. The van der Waals surface area contributed by atoms with Gasteiger partial charge >= 0.3 is 23.9 Å². The summed E-state index contributed by atoms with van der Waals surface area (Å²) in [5, 5.41) is 10.0. The molecule has 35 heavy (non-hydrogen) atoms. The Bertz CT molecular complexity index is 677. The standard InChI is InChI=1S/C25H40O10/c1-4-18(3)23(28)33-14-15-34-24(29)20-10-6-7-11-21(20)25(30)35-17-19(26)16-31-12-8-9-13-32-22(27)5-2/h5,18-21,26H,2,4,6-17H2,1,3H3. The molecule has 200 valence electrons. The number of hydrogen-bond donors (Lipinski definition) is 1. The SMILES string of the molecule is C=CC(=O)OCCCCOCC(O)COC(=O)C1CCCCC1C(=O)OCCOC(=O)C(C)CC. The number of carbonyl (C=O) groups excluding carboxylic acids is 4. The normalized spacial score (nSPS) is 19.2. The van der Waals surface area contributed by atoms with Crippen LogP contribution in [-0.2, 0) is 42.9 Å². The van der Waals surface area contributed by atoms with Crippen molar-refractivity contribution < 1.29 is 48.0 Å². The van der Waals surface area contributed by atoms with Gasteiger partial charge in [0.1, 0.15) is 25.9 Å². The van der Waals surface area contributed by atoms with Gasteiger partial charge in [0.05, 0.1) is 31.0 Å². The van der Waals surface area contributed by atoms with Gasteiger partial charge in [-0.2, -0.15) is 0 Å². The van der Waals surface area contributed by atoms with Gasteiger partial charge in [0.15, 0.2) is 0 Å². The van der Waals surface area contributed by atoms with Crippen LogP contribution in [0.2, 0.25) is 0 Å². The molecule has 1 rings (SSSR count). The maximum atomic E-state index is 12.6. The van der Waals surface area contributed by atoms with Crippen molar-refractivity contribution >= 4 is 23.9 Å². The molecular weight excluding hydrogens is 460 g/mol. The molecule has 0 spiro atoms. The van der Waals surface area contributed by atoms with E-state index in [1.165, 1.54) is 0 Å². The second-order valence-electron chi connectivity index (χ2n) is 8.58. The highest BCUT2D eigenvalue weighted by molar-refractivity contribution is 5.82. The van der Waals surface area contributed by atoms with Crippen LogP contribution in [0, 0.1) is 17.8 Å². The molecule has 1 fully saturated rings. The van der Waals surface area contributed by atoms with E-state index in [0.29, 0.717) is 38.7 Å². The van der Waals surface area contributed by atoms with E-state index in [9.17, 15) is 24.3 Å². The topological polar surface area (TPSA) is 135 Å². The molecule has 10 nitrogen and oxygen atoms in total. The molecule has 1 N–H and O–H groups in total. The summed E-state index contributed by atoms with van der Waals surface area (Å²) < 4.78 is 25.7. The highest BCUT2D eigenvalue weighted by Gasteiger charge is 2.38. The Balaban J connectivity index is 2.28. The molecule has 0 aromatic rings. The van der Waals surface area contributed by atoms with Crippen molar-refractivity contribution in [2.24, 2.45) is 17.8 Å². The van der Waals surface area contributed by atoms with Crippen molar-refractivity contribution in [1.29, 1.82) is 0 Å². The Labute approximate surface area is 207 Å². The summed E-state index contributed by atoms with van der Waals surface area (Å²) in [6, 6.07) is 0. The zero-order chi connectivity index (χ0) is 26.1. The molecule has 4 atom stereocenters. The monoisotopic (exact) mass is 500 g/mol. The molecule has 0 aliphatic heterocycles. The highest BCUT2D eigenvalue weighted by atomic mass is 16.6. The van der Waals surface area contributed by atoms with E-state index < -0.39 is 35.8 Å². The highest BCUT2D eigenvalue weighted by Crippen LogP contribution is 2.32. The van der Waals surface area contributed by atoms with Crippen LogP contribution >= 0.6 is 0 Å². The zero-order valence-electron chi connectivity index (χ0n) is 20.9. The molecule has 10 heteroatoms. The number of aliphatic hydroxyl groups excluding tert-OH is 1. The van der Waals surface area contributed by atoms with Crippen LogP contribution in [0.3, 0.4) is 0 Å². The van der Waals surface area contributed by atoms with Gasteiger partial charge < -0.3 is 28.8 Å². The molecule has 0 heterocycles. The summed E-state index contributed by atoms with van der Waals surface area (Å²) in [6.45, 7) is 7.25. The first-order valence-electron chi connectivity index (χ1n) is 12.3. The van der Waals surface area contributed by atoms with E-state index >= 15 is 0 Å². The molecular formula is C25H40O10. The lowest BCUT2D eigenvalue weighted by Gasteiger charge is -2.28. The van der Waals surface area contributed by atoms with Gasteiger partial charge in [-0.25, -0.2) is 4.79 Å². The molecule has 1 saturated carbocycles. The molecule has 0 bridgehead atoms. The summed E-state index contributed by atoms with van der Waals surface area (Å²) >= 11 is 0. The molecule has 4 unspecified atom stereocenters. The Morgan fingerprint density at radius 2 is 1.49 bits per heavy atom. The van der Waals surface area contributed by atoms with Crippen LogP contribution in [0.4, 0.5) is 0 Å². The number of aliphatic hydroxyl groups is 1. The fraction of sp³-hybridized carbons (Fsp3) is 0.760. The number of unbranched alkanes of at least 4 members (excludes halogenated alkanes) is 1. The van der Waals surface area contributed by atoms with Crippen molar-refractivity contribution in [3.63, 3.8) is 0 Å². The number of carbonyl (C=O) groups is 4. The minimum absolute atomic E-state index is 0.00870. The predicted octanol–water partition coefficient (Wildman–Crippen LogP) is 2.36. The molecule has 1 aliphatic carbocycles. The van der Waals surface area contributed by atoms with E-state index in [1.807, 2.05) is 6.92 Å². The fourth-order valence-electron chi connectivity index (χ4n) is 3.49. The Morgan fingerprint density at radius 3 is 2.11 bits per heavy atom. The van der Waals surface area contributed by atoms with Gasteiger partial charge in [0.25, 0.3) is 0 Å². The largest absolute Gasteiger partial charge is 0.463 e. The predicted molar refractivity (Wildman–Crippen MR) is 125 cm³/mol. The number of ether oxygens (including phenoxy) is 5. The molecule has 0 aromatic heterocycles. The first-order chi connectivity index (χ1) is 16.8. The zero-order valence-corrected chi connectivity index (χ0v) is 20.9. The minimum atomic E-state index is -0.994. The lowest BCUT2D eigenvalue weighted by atomic mass is 9.79. The number of hydrogen-bond acceptors (Lipinski definition) is 10. The Hall–Kier alpha value is -2.46. The van der Waals surface area contributed by atoms with Gasteiger partial charge in [0, 0.05) is 12.7 Å². The first kappa shape index (κ1) is 30.6. The van der Waals surface area contributed by atoms with Gasteiger partial charge in [-0.15, -0.1) is 0 Å². The van der Waals surface area contributed by atoms with Crippen LogP contribution in [0.15, 0.2) is 12.7 Å². The van der Waals surface area contributed by atoms with E-state index in [4.69, 9.17) is 23.7 Å². The smallest absolute Gasteiger partial charge is 0.330 e. The van der Waals surface area contributed by atoms with E-state index in [-0.39, 0.29) is 44.9 Å². The summed E-state index contributed by atoms with van der Waals surface area (Å²) in [7, 11) is 0. The fourth-order valence-corrected chi connectivity index (χ4v) is 3.49. The second kappa shape index (κ2) is 17.9. The Kier molecular flexibility index (Phi) is 15.6. The van der Waals surface area contributed by atoms with Crippen molar-refractivity contribution in [3.05, 3.63) is 12.7 Å². The van der Waals surface area contributed by atoms with Crippen LogP contribution in [0.25, 0.3) is 0 Å². The maximum Gasteiger partial charge on any atom is 0.330 e. The molecule has 0 aromatic carbocycles. The van der Waals surface area contributed by atoms with E-state index in [0.717, 1.165) is 18.9 Å². The summed E-state index contributed by atoms with van der Waals surface area (Å²) in [5.74, 6) is -3.32. The van der Waals surface area contributed by atoms with Gasteiger partial charge in [-0.3, -0.25) is 14.4 Å². The van der Waals surface area contributed by atoms with Gasteiger partial charge in [-0.05, 0) is 32.1 Å². The summed E-state index contributed by atoms with van der Waals surface area (Å²) in [6.07, 6.45) is 4.64. The van der Waals surface area contributed by atoms with E-state index in [2.05, 4.69) is 6.58 Å². The minimum Gasteiger partial charge on any atom is -0.463 e. The summed E-state index contributed by atoms with van der Waals surface area (Å²) in [4.78, 5) is 47.7. The third kappa shape index (κ3) is 12.7. The van der Waals surface area contributed by atoms with Crippen LogP contribution in [0.1, 0.15) is 58.8 Å². The van der Waals surface area contributed by atoms with Gasteiger partial charge in [0.2, 0.25) is 0 Å². The lowest BCUT2D eigenvalue weighted by molar-refractivity contribution is -0.166. The van der Waals surface area contributed by atoms with Crippen LogP contribution in [0.5, 0.6) is 0 Å². The third-order valence-electron chi connectivity index (χ3n) is 5.78. The van der Waals surface area contributed by atoms with Crippen LogP contribution in [-0.4, -0.2) is 74.7 Å².